The van der Waals surface area contributed by atoms with Crippen molar-refractivity contribution in [3.63, 3.8) is 0 Å². The molecular formula is C53H35FN4. The summed E-state index contributed by atoms with van der Waals surface area (Å²) in [5.41, 5.74) is 14.7. The van der Waals surface area contributed by atoms with Crippen molar-refractivity contribution < 1.29 is 4.39 Å². The van der Waals surface area contributed by atoms with Crippen LogP contribution in [0.15, 0.2) is 194 Å². The lowest BCUT2D eigenvalue weighted by atomic mass is 9.98. The predicted molar refractivity (Wildman–Crippen MR) is 237 cm³/mol. The molecule has 0 saturated heterocycles. The molecule has 0 atom stereocenters. The standard InChI is InChI=1S/C53H35FN4/c1-34-28-41(31-42(54)29-34)36-20-18-35(19-21-36)37-10-9-11-40(30-37)48-26-27-55-53(56-48)58-50-17-8-6-15-45(50)47-32-38(23-25-51(47)58)39-22-24-46-44-14-5-7-16-49(44)57(52(46)33-39)43-12-3-2-4-13-43/h2-33H,1H3. The van der Waals surface area contributed by atoms with Gasteiger partial charge < -0.3 is 4.57 Å². The molecule has 58 heavy (non-hydrogen) atoms. The van der Waals surface area contributed by atoms with Crippen molar-refractivity contribution in [2.75, 3.05) is 0 Å². The minimum absolute atomic E-state index is 0.223. The Balaban J connectivity index is 0.977. The molecule has 0 N–H and O–H groups in total. The summed E-state index contributed by atoms with van der Waals surface area (Å²) in [4.78, 5) is 10.0. The Morgan fingerprint density at radius 3 is 1.79 bits per heavy atom. The number of hydrogen-bond acceptors (Lipinski definition) is 2. The second-order valence-electron chi connectivity index (χ2n) is 14.9. The molecule has 0 unspecified atom stereocenters. The summed E-state index contributed by atoms with van der Waals surface area (Å²) in [5.74, 6) is 0.393. The van der Waals surface area contributed by atoms with E-state index in [2.05, 4.69) is 173 Å². The second-order valence-corrected chi connectivity index (χ2v) is 14.9. The van der Waals surface area contributed by atoms with Gasteiger partial charge in [0.15, 0.2) is 0 Å². The van der Waals surface area contributed by atoms with Crippen LogP contribution in [0.5, 0.6) is 0 Å². The molecule has 0 bridgehead atoms. The van der Waals surface area contributed by atoms with Crippen LogP contribution in [-0.2, 0) is 0 Å². The van der Waals surface area contributed by atoms with E-state index in [0.717, 1.165) is 77.7 Å². The fraction of sp³-hybridized carbons (Fsp3) is 0.0189. The molecule has 0 aliphatic carbocycles. The molecule has 0 aliphatic rings. The van der Waals surface area contributed by atoms with E-state index in [1.54, 1.807) is 12.1 Å². The zero-order valence-corrected chi connectivity index (χ0v) is 31.6. The maximum Gasteiger partial charge on any atom is 0.235 e. The minimum atomic E-state index is -0.223. The first-order valence-corrected chi connectivity index (χ1v) is 19.5. The predicted octanol–water partition coefficient (Wildman–Crippen LogP) is 13.8. The van der Waals surface area contributed by atoms with Crippen LogP contribution in [0.25, 0.3) is 99.9 Å². The van der Waals surface area contributed by atoms with Crippen molar-refractivity contribution in [2.24, 2.45) is 0 Å². The van der Waals surface area contributed by atoms with Gasteiger partial charge in [-0.25, -0.2) is 14.4 Å². The molecule has 3 heterocycles. The Morgan fingerprint density at radius 2 is 1.00 bits per heavy atom. The zero-order valence-electron chi connectivity index (χ0n) is 31.6. The Labute approximate surface area is 334 Å². The highest BCUT2D eigenvalue weighted by Gasteiger charge is 2.18. The number of aryl methyl sites for hydroxylation is 1. The van der Waals surface area contributed by atoms with Gasteiger partial charge in [0.25, 0.3) is 0 Å². The summed E-state index contributed by atoms with van der Waals surface area (Å²) in [6.45, 7) is 1.91. The molecule has 0 radical (unpaired) electrons. The van der Waals surface area contributed by atoms with E-state index in [0.29, 0.717) is 5.95 Å². The molecule has 0 saturated carbocycles. The number of fused-ring (bicyclic) bond motifs is 6. The Morgan fingerprint density at radius 1 is 0.397 bits per heavy atom. The summed E-state index contributed by atoms with van der Waals surface area (Å²) in [5, 5.41) is 4.76. The van der Waals surface area contributed by atoms with Crippen molar-refractivity contribution in [2.45, 2.75) is 6.92 Å². The van der Waals surface area contributed by atoms with Crippen LogP contribution < -0.4 is 0 Å². The van der Waals surface area contributed by atoms with Gasteiger partial charge >= 0.3 is 0 Å². The van der Waals surface area contributed by atoms with E-state index >= 15 is 0 Å². The molecule has 11 aromatic rings. The Kier molecular flexibility index (Phi) is 7.86. The highest BCUT2D eigenvalue weighted by atomic mass is 19.1. The lowest BCUT2D eigenvalue weighted by molar-refractivity contribution is 0.627. The lowest BCUT2D eigenvalue weighted by Crippen LogP contribution is -2.01. The molecular weight excluding hydrogens is 712 g/mol. The number of hydrogen-bond donors (Lipinski definition) is 0. The fourth-order valence-electron chi connectivity index (χ4n) is 8.61. The monoisotopic (exact) mass is 746 g/mol. The van der Waals surface area contributed by atoms with Crippen LogP contribution in [0.3, 0.4) is 0 Å². The van der Waals surface area contributed by atoms with Gasteiger partial charge in [-0.05, 0) is 113 Å². The van der Waals surface area contributed by atoms with Crippen molar-refractivity contribution in [1.82, 2.24) is 19.1 Å². The second kappa shape index (κ2) is 13.5. The van der Waals surface area contributed by atoms with Crippen molar-refractivity contribution >= 4 is 43.6 Å². The van der Waals surface area contributed by atoms with Gasteiger partial charge in [0, 0.05) is 39.0 Å². The van der Waals surface area contributed by atoms with E-state index < -0.39 is 0 Å². The normalized spacial score (nSPS) is 11.6. The molecule has 4 nitrogen and oxygen atoms in total. The van der Waals surface area contributed by atoms with Gasteiger partial charge in [-0.3, -0.25) is 4.57 Å². The summed E-state index contributed by atoms with van der Waals surface area (Å²) >= 11 is 0. The van der Waals surface area contributed by atoms with E-state index in [1.165, 1.54) is 21.8 Å². The molecule has 274 valence electrons. The van der Waals surface area contributed by atoms with Gasteiger partial charge in [-0.1, -0.05) is 121 Å². The SMILES string of the molecule is Cc1cc(F)cc(-c2ccc(-c3cccc(-c4ccnc(-n5c6ccccc6c6cc(-c7ccc8c9ccccc9n(-c9ccccc9)c8c7)ccc65)n4)c3)cc2)c1. The van der Waals surface area contributed by atoms with E-state index in [-0.39, 0.29) is 5.82 Å². The third kappa shape index (κ3) is 5.67. The third-order valence-electron chi connectivity index (χ3n) is 11.3. The highest BCUT2D eigenvalue weighted by molar-refractivity contribution is 6.12. The van der Waals surface area contributed by atoms with E-state index in [9.17, 15) is 4.39 Å². The van der Waals surface area contributed by atoms with E-state index in [1.807, 2.05) is 25.3 Å². The van der Waals surface area contributed by atoms with E-state index in [4.69, 9.17) is 9.97 Å². The summed E-state index contributed by atoms with van der Waals surface area (Å²) in [7, 11) is 0. The minimum Gasteiger partial charge on any atom is -0.309 e. The van der Waals surface area contributed by atoms with Crippen molar-refractivity contribution in [3.8, 4) is 56.3 Å². The largest absolute Gasteiger partial charge is 0.309 e. The number of benzene rings is 8. The van der Waals surface area contributed by atoms with Gasteiger partial charge in [-0.15, -0.1) is 0 Å². The molecule has 5 heteroatoms. The van der Waals surface area contributed by atoms with Crippen LogP contribution in [0.4, 0.5) is 4.39 Å². The van der Waals surface area contributed by atoms with Gasteiger partial charge in [0.2, 0.25) is 5.95 Å². The summed E-state index contributed by atoms with van der Waals surface area (Å²) < 4.78 is 18.7. The first-order valence-electron chi connectivity index (χ1n) is 19.5. The van der Waals surface area contributed by atoms with Crippen LogP contribution in [0.2, 0.25) is 0 Å². The summed E-state index contributed by atoms with van der Waals surface area (Å²) in [6.07, 6.45) is 1.84. The fourth-order valence-corrected chi connectivity index (χ4v) is 8.61. The van der Waals surface area contributed by atoms with Gasteiger partial charge in [0.05, 0.1) is 27.8 Å². The molecule has 8 aromatic carbocycles. The molecule has 11 rings (SSSR count). The van der Waals surface area contributed by atoms with Crippen molar-refractivity contribution in [1.29, 1.82) is 0 Å². The lowest BCUT2D eigenvalue weighted by Gasteiger charge is -2.10. The van der Waals surface area contributed by atoms with Crippen LogP contribution in [0.1, 0.15) is 5.56 Å². The van der Waals surface area contributed by atoms with Gasteiger partial charge in [0.1, 0.15) is 5.82 Å². The topological polar surface area (TPSA) is 35.6 Å². The maximum atomic E-state index is 14.1. The zero-order chi connectivity index (χ0) is 38.7. The Bertz CT molecular complexity index is 3340. The third-order valence-corrected chi connectivity index (χ3v) is 11.3. The molecule has 0 aliphatic heterocycles. The average Bonchev–Trinajstić information content (AvgIpc) is 3.79. The van der Waals surface area contributed by atoms with Crippen molar-refractivity contribution in [3.05, 3.63) is 206 Å². The first-order chi connectivity index (χ1) is 28.6. The number of para-hydroxylation sites is 3. The first kappa shape index (κ1) is 33.7. The Hall–Kier alpha value is -7.63. The smallest absolute Gasteiger partial charge is 0.235 e. The number of nitrogens with zero attached hydrogens (tertiary/aromatic N) is 4. The quantitative estimate of drug-likeness (QED) is 0.170. The van der Waals surface area contributed by atoms with Crippen LogP contribution in [-0.4, -0.2) is 19.1 Å². The molecule has 0 amide bonds. The van der Waals surface area contributed by atoms with Crippen LogP contribution >= 0.6 is 0 Å². The number of aromatic nitrogens is 4. The van der Waals surface area contributed by atoms with Crippen LogP contribution in [0, 0.1) is 12.7 Å². The highest BCUT2D eigenvalue weighted by Crippen LogP contribution is 2.38. The maximum absolute atomic E-state index is 14.1. The summed E-state index contributed by atoms with van der Waals surface area (Å²) in [6, 6.07) is 65.1. The molecule has 0 spiro atoms. The number of halogens is 1. The van der Waals surface area contributed by atoms with Gasteiger partial charge in [-0.2, -0.15) is 0 Å². The molecule has 3 aromatic heterocycles. The number of rotatable bonds is 6. The molecule has 0 fully saturated rings. The average molecular weight is 747 g/mol.